The number of piperidine rings is 1. The largest absolute Gasteiger partial charge is 0.392 e. The second kappa shape index (κ2) is 13.9. The first-order chi connectivity index (χ1) is 19.8. The van der Waals surface area contributed by atoms with E-state index in [-0.39, 0.29) is 25.4 Å². The van der Waals surface area contributed by atoms with Crippen molar-refractivity contribution in [1.29, 1.82) is 0 Å². The van der Waals surface area contributed by atoms with Gasteiger partial charge >= 0.3 is 0 Å². The number of alkyl halides is 3. The van der Waals surface area contributed by atoms with Crippen molar-refractivity contribution in [1.82, 2.24) is 10.2 Å². The van der Waals surface area contributed by atoms with Crippen molar-refractivity contribution < 1.29 is 19.4 Å². The molecular weight excluding hydrogens is 583 g/mol. The number of aliphatic hydroxyl groups excluding tert-OH is 1. The first kappa shape index (κ1) is 30.3. The number of nitrogens with one attached hydrogen (secondary N) is 1. The fourth-order valence-electron chi connectivity index (χ4n) is 5.51. The molecule has 9 heteroatoms. The summed E-state index contributed by atoms with van der Waals surface area (Å²) in [5, 5.41) is 12.2. The Kier molecular flexibility index (Phi) is 10.3. The summed E-state index contributed by atoms with van der Waals surface area (Å²) in [7, 11) is 0. The first-order valence-electron chi connectivity index (χ1n) is 14.1. The molecule has 2 saturated heterocycles. The molecule has 2 heterocycles. The Balaban J connectivity index is 1.34. The Morgan fingerprint density at radius 1 is 0.902 bits per heavy atom. The molecule has 1 amide bonds. The van der Waals surface area contributed by atoms with Crippen LogP contribution >= 0.6 is 34.8 Å². The van der Waals surface area contributed by atoms with E-state index in [0.29, 0.717) is 0 Å². The lowest BCUT2D eigenvalue weighted by Gasteiger charge is -2.39. The molecule has 0 saturated carbocycles. The van der Waals surface area contributed by atoms with E-state index >= 15 is 0 Å². The Morgan fingerprint density at radius 3 is 2.27 bits per heavy atom. The van der Waals surface area contributed by atoms with Crippen molar-refractivity contribution in [3.8, 4) is 11.1 Å². The van der Waals surface area contributed by atoms with Gasteiger partial charge in [0.15, 0.2) is 6.29 Å². The van der Waals surface area contributed by atoms with E-state index in [1.807, 2.05) is 72.8 Å². The van der Waals surface area contributed by atoms with Crippen LogP contribution in [0.1, 0.15) is 60.3 Å². The highest BCUT2D eigenvalue weighted by molar-refractivity contribution is 6.76. The van der Waals surface area contributed by atoms with Crippen LogP contribution in [-0.2, 0) is 27.4 Å². The van der Waals surface area contributed by atoms with Gasteiger partial charge in [0.2, 0.25) is 0 Å². The van der Waals surface area contributed by atoms with Crippen LogP contribution in [0.25, 0.3) is 11.1 Å². The predicted octanol–water partition coefficient (Wildman–Crippen LogP) is 6.86. The van der Waals surface area contributed by atoms with E-state index in [0.717, 1.165) is 59.4 Å². The maximum Gasteiger partial charge on any atom is 0.272 e. The topological polar surface area (TPSA) is 71.0 Å². The number of hydrogen-bond acceptors (Lipinski definition) is 5. The number of benzene rings is 3. The lowest BCUT2D eigenvalue weighted by molar-refractivity contribution is -0.253. The Labute approximate surface area is 256 Å². The number of ether oxygens (including phenoxy) is 2. The summed E-state index contributed by atoms with van der Waals surface area (Å²) in [5.41, 5.74) is 5.77. The van der Waals surface area contributed by atoms with Crippen LogP contribution in [0.15, 0.2) is 72.8 Å². The highest BCUT2D eigenvalue weighted by Crippen LogP contribution is 2.39. The average molecular weight is 618 g/mol. The summed E-state index contributed by atoms with van der Waals surface area (Å²) in [4.78, 5) is 14.6. The van der Waals surface area contributed by atoms with Gasteiger partial charge < -0.3 is 24.8 Å². The van der Waals surface area contributed by atoms with Crippen molar-refractivity contribution >= 4 is 40.7 Å². The molecule has 2 aliphatic rings. The Morgan fingerprint density at radius 2 is 1.59 bits per heavy atom. The molecule has 0 radical (unpaired) electrons. The van der Waals surface area contributed by atoms with Crippen molar-refractivity contribution in [3.63, 3.8) is 0 Å². The predicted molar refractivity (Wildman–Crippen MR) is 163 cm³/mol. The summed E-state index contributed by atoms with van der Waals surface area (Å²) in [6, 6.07) is 23.9. The smallest absolute Gasteiger partial charge is 0.272 e. The van der Waals surface area contributed by atoms with Crippen LogP contribution in [0.4, 0.5) is 0 Å². The average Bonchev–Trinajstić information content (AvgIpc) is 3.00. The van der Waals surface area contributed by atoms with E-state index < -0.39 is 16.0 Å². The minimum Gasteiger partial charge on any atom is -0.392 e. The SMILES string of the molecule is O=C(NCc1ccccc1-c1ccc(C2OC(CN3CCCCC3)CC(c3ccc(CO)cc3)O2)cc1)C(Cl)(Cl)Cl. The lowest BCUT2D eigenvalue weighted by Crippen LogP contribution is -2.41. The van der Waals surface area contributed by atoms with Gasteiger partial charge in [0.25, 0.3) is 9.70 Å². The number of hydrogen-bond donors (Lipinski definition) is 2. The van der Waals surface area contributed by atoms with Crippen LogP contribution in [0.3, 0.4) is 0 Å². The molecule has 5 rings (SSSR count). The standard InChI is InChI=1S/C32H35Cl3N2O4/c33-32(34,35)31(39)36-19-26-6-2-3-7-28(26)23-12-14-25(15-13-23)30-40-27(20-37-16-4-1-5-17-37)18-29(41-30)24-10-8-22(21-38)9-11-24/h2-3,6-15,27,29-30,38H,1,4-5,16-21H2,(H,36,39). The van der Waals surface area contributed by atoms with Gasteiger partial charge in [0, 0.05) is 25.1 Å². The van der Waals surface area contributed by atoms with E-state index in [1.165, 1.54) is 19.3 Å². The summed E-state index contributed by atoms with van der Waals surface area (Å²) in [5.74, 6) is -0.668. The maximum atomic E-state index is 12.1. The zero-order valence-corrected chi connectivity index (χ0v) is 25.0. The van der Waals surface area contributed by atoms with Gasteiger partial charge in [-0.15, -0.1) is 0 Å². The van der Waals surface area contributed by atoms with Gasteiger partial charge in [0.1, 0.15) is 0 Å². The minimum absolute atomic E-state index is 0.0177. The quantitative estimate of drug-likeness (QED) is 0.270. The minimum atomic E-state index is -2.01. The van der Waals surface area contributed by atoms with Crippen molar-refractivity contribution in [2.24, 2.45) is 0 Å². The second-order valence-corrected chi connectivity index (χ2v) is 13.0. The number of rotatable bonds is 8. The fraction of sp³-hybridized carbons (Fsp3) is 0.406. The lowest BCUT2D eigenvalue weighted by atomic mass is 9.97. The van der Waals surface area contributed by atoms with E-state index in [9.17, 15) is 9.90 Å². The summed E-state index contributed by atoms with van der Waals surface area (Å²) < 4.78 is 11.1. The van der Waals surface area contributed by atoms with Crippen LogP contribution in [0.5, 0.6) is 0 Å². The van der Waals surface area contributed by atoms with Gasteiger partial charge in [-0.3, -0.25) is 4.79 Å². The number of likely N-dealkylation sites (tertiary alicyclic amines) is 1. The molecule has 3 aromatic rings. The number of carbonyl (C=O) groups is 1. The first-order valence-corrected chi connectivity index (χ1v) is 15.2. The van der Waals surface area contributed by atoms with E-state index in [1.54, 1.807) is 0 Å². The fourth-order valence-corrected chi connectivity index (χ4v) is 5.72. The number of aliphatic hydroxyl groups is 1. The van der Waals surface area contributed by atoms with E-state index in [4.69, 9.17) is 44.3 Å². The van der Waals surface area contributed by atoms with Crippen LogP contribution < -0.4 is 5.32 Å². The molecule has 6 nitrogen and oxygen atoms in total. The maximum absolute atomic E-state index is 12.1. The van der Waals surface area contributed by atoms with Crippen molar-refractivity contribution in [2.45, 2.75) is 61.1 Å². The number of carbonyl (C=O) groups excluding carboxylic acids is 1. The third-order valence-electron chi connectivity index (χ3n) is 7.73. The third kappa shape index (κ3) is 8.02. The van der Waals surface area contributed by atoms with Gasteiger partial charge in [-0.25, -0.2) is 0 Å². The molecule has 2 fully saturated rings. The molecule has 0 bridgehead atoms. The van der Waals surface area contributed by atoms with E-state index in [2.05, 4.69) is 10.2 Å². The Hall–Kier alpha value is -2.16. The molecule has 3 aromatic carbocycles. The van der Waals surface area contributed by atoms with Crippen molar-refractivity contribution in [2.75, 3.05) is 19.6 Å². The summed E-state index contributed by atoms with van der Waals surface area (Å²) in [6.07, 6.45) is 3.95. The van der Waals surface area contributed by atoms with Crippen LogP contribution in [-0.4, -0.2) is 45.4 Å². The monoisotopic (exact) mass is 616 g/mol. The van der Waals surface area contributed by atoms with Gasteiger partial charge in [-0.1, -0.05) is 114 Å². The number of nitrogens with zero attached hydrogens (tertiary/aromatic N) is 1. The van der Waals surface area contributed by atoms with Crippen LogP contribution in [0.2, 0.25) is 0 Å². The molecule has 2 aliphatic heterocycles. The normalized spacial score (nSPS) is 21.9. The summed E-state index contributed by atoms with van der Waals surface area (Å²) >= 11 is 17.1. The van der Waals surface area contributed by atoms with Crippen molar-refractivity contribution in [3.05, 3.63) is 95.1 Å². The second-order valence-electron chi connectivity index (χ2n) is 10.7. The van der Waals surface area contributed by atoms with Crippen LogP contribution in [0, 0.1) is 0 Å². The molecule has 41 heavy (non-hydrogen) atoms. The molecule has 2 N–H and O–H groups in total. The number of amides is 1. The zero-order valence-electron chi connectivity index (χ0n) is 22.8. The van der Waals surface area contributed by atoms with Gasteiger partial charge in [-0.2, -0.15) is 0 Å². The number of halogens is 3. The molecule has 3 unspecified atom stereocenters. The summed E-state index contributed by atoms with van der Waals surface area (Å²) in [6.45, 7) is 3.35. The Bertz CT molecular complexity index is 1290. The molecular formula is C32H35Cl3N2O4. The third-order valence-corrected chi connectivity index (χ3v) is 8.25. The zero-order chi connectivity index (χ0) is 28.8. The molecule has 0 aliphatic carbocycles. The molecule has 0 spiro atoms. The highest BCUT2D eigenvalue weighted by atomic mass is 35.6. The molecule has 218 valence electrons. The van der Waals surface area contributed by atoms with Gasteiger partial charge in [-0.05, 0) is 53.7 Å². The van der Waals surface area contributed by atoms with Gasteiger partial charge in [0.05, 0.1) is 18.8 Å². The molecule has 3 atom stereocenters. The molecule has 0 aromatic heterocycles. The highest BCUT2D eigenvalue weighted by Gasteiger charge is 2.33.